The molecule has 1 aromatic carbocycles. The highest BCUT2D eigenvalue weighted by Crippen LogP contribution is 2.19. The molecule has 1 heterocycles. The highest BCUT2D eigenvalue weighted by atomic mass is 19.1. The predicted molar refractivity (Wildman–Crippen MR) is 92.9 cm³/mol. The molecule has 0 atom stereocenters. The molecule has 2 aromatic rings. The number of pyridine rings is 1. The second-order valence-corrected chi connectivity index (χ2v) is 5.77. The van der Waals surface area contributed by atoms with Crippen LogP contribution in [0.1, 0.15) is 35.3 Å². The van der Waals surface area contributed by atoms with E-state index in [-0.39, 0.29) is 24.3 Å². The van der Waals surface area contributed by atoms with Crippen molar-refractivity contribution >= 4 is 11.7 Å². The molecule has 6 nitrogen and oxygen atoms in total. The number of nitrogens with zero attached hydrogens (tertiary/aromatic N) is 1. The molecule has 0 radical (unpaired) electrons. The van der Waals surface area contributed by atoms with E-state index in [0.717, 1.165) is 5.56 Å². The number of hydrogen-bond donors (Lipinski definition) is 2. The molecule has 1 aromatic heterocycles. The number of amides is 1. The van der Waals surface area contributed by atoms with E-state index in [1.165, 1.54) is 19.2 Å². The lowest BCUT2D eigenvalue weighted by Gasteiger charge is -2.15. The van der Waals surface area contributed by atoms with Crippen LogP contribution >= 0.6 is 0 Å². The van der Waals surface area contributed by atoms with Crippen molar-refractivity contribution in [1.29, 1.82) is 0 Å². The van der Waals surface area contributed by atoms with Crippen molar-refractivity contribution < 1.29 is 18.8 Å². The Morgan fingerprint density at radius 3 is 2.72 bits per heavy atom. The van der Waals surface area contributed by atoms with Gasteiger partial charge in [0.1, 0.15) is 0 Å². The number of anilines is 1. The third-order valence-electron chi connectivity index (χ3n) is 3.45. The van der Waals surface area contributed by atoms with Crippen molar-refractivity contribution in [1.82, 2.24) is 10.3 Å². The van der Waals surface area contributed by atoms with Crippen LogP contribution in [-0.4, -0.2) is 24.1 Å². The van der Waals surface area contributed by atoms with E-state index in [0.29, 0.717) is 16.9 Å². The van der Waals surface area contributed by atoms with E-state index in [9.17, 15) is 9.18 Å². The first kappa shape index (κ1) is 18.7. The lowest BCUT2D eigenvalue weighted by molar-refractivity contribution is 0.0945. The average molecular weight is 347 g/mol. The number of ether oxygens (including phenoxy) is 1. The first-order chi connectivity index (χ1) is 11.9. The van der Waals surface area contributed by atoms with Gasteiger partial charge in [0.2, 0.25) is 0 Å². The molecule has 0 spiro atoms. The third kappa shape index (κ3) is 4.90. The Morgan fingerprint density at radius 1 is 1.32 bits per heavy atom. The van der Waals surface area contributed by atoms with Gasteiger partial charge in [0.25, 0.3) is 5.91 Å². The van der Waals surface area contributed by atoms with Gasteiger partial charge in [0.05, 0.1) is 18.8 Å². The van der Waals surface area contributed by atoms with Gasteiger partial charge < -0.3 is 10.1 Å². The molecule has 1 amide bonds. The van der Waals surface area contributed by atoms with Gasteiger partial charge in [-0.1, -0.05) is 6.07 Å². The van der Waals surface area contributed by atoms with Crippen molar-refractivity contribution in [3.8, 4) is 5.75 Å². The van der Waals surface area contributed by atoms with Crippen molar-refractivity contribution in [3.63, 3.8) is 0 Å². The normalized spacial score (nSPS) is 10.6. The number of halogens is 1. The van der Waals surface area contributed by atoms with Crippen LogP contribution in [0.15, 0.2) is 30.5 Å². The Hall–Kier alpha value is -2.67. The topological polar surface area (TPSA) is 72.5 Å². The number of nitrogens with one attached hydrogen (secondary N) is 2. The summed E-state index contributed by atoms with van der Waals surface area (Å²) in [4.78, 5) is 22.0. The van der Waals surface area contributed by atoms with Crippen molar-refractivity contribution in [2.24, 2.45) is 0 Å². The van der Waals surface area contributed by atoms with E-state index in [1.54, 1.807) is 18.3 Å². The van der Waals surface area contributed by atoms with Crippen molar-refractivity contribution in [2.45, 2.75) is 33.4 Å². The summed E-state index contributed by atoms with van der Waals surface area (Å²) in [7, 11) is 1.40. The zero-order chi connectivity index (χ0) is 18.4. The zero-order valence-corrected chi connectivity index (χ0v) is 14.7. The Balaban J connectivity index is 2.11. The Kier molecular flexibility index (Phi) is 6.30. The van der Waals surface area contributed by atoms with Gasteiger partial charge in [-0.15, -0.1) is 0 Å². The van der Waals surface area contributed by atoms with E-state index in [4.69, 9.17) is 9.57 Å². The number of aromatic nitrogens is 1. The summed E-state index contributed by atoms with van der Waals surface area (Å²) < 4.78 is 18.6. The summed E-state index contributed by atoms with van der Waals surface area (Å²) in [5, 5.41) is 2.77. The van der Waals surface area contributed by atoms with Gasteiger partial charge in [0, 0.05) is 12.7 Å². The van der Waals surface area contributed by atoms with Gasteiger partial charge in [0.15, 0.2) is 17.4 Å². The van der Waals surface area contributed by atoms with Crippen LogP contribution in [0.4, 0.5) is 10.2 Å². The fourth-order valence-electron chi connectivity index (χ4n) is 2.19. The number of rotatable bonds is 7. The SMILES string of the molecule is COc1ccc(CNC(=O)c2c(C)ccnc2NOC(C)C)cc1F. The molecule has 0 aliphatic heterocycles. The molecule has 0 unspecified atom stereocenters. The first-order valence-corrected chi connectivity index (χ1v) is 7.90. The molecule has 0 aliphatic rings. The zero-order valence-electron chi connectivity index (χ0n) is 14.7. The summed E-state index contributed by atoms with van der Waals surface area (Å²) in [5.74, 6) is -0.293. The minimum atomic E-state index is -0.473. The standard InChI is InChI=1S/C18H22FN3O3/c1-11(2)25-22-17-16(12(3)7-8-20-17)18(23)21-10-13-5-6-15(24-4)14(19)9-13/h5-9,11H,10H2,1-4H3,(H,20,22)(H,21,23). The Labute approximate surface area is 146 Å². The maximum Gasteiger partial charge on any atom is 0.255 e. The number of aryl methyl sites for hydroxylation is 1. The van der Waals surface area contributed by atoms with Crippen molar-refractivity contribution in [2.75, 3.05) is 12.6 Å². The van der Waals surface area contributed by atoms with E-state index >= 15 is 0 Å². The van der Waals surface area contributed by atoms with E-state index < -0.39 is 5.82 Å². The number of carbonyl (C=O) groups is 1. The lowest BCUT2D eigenvalue weighted by Crippen LogP contribution is -2.26. The van der Waals surface area contributed by atoms with Crippen LogP contribution in [0.3, 0.4) is 0 Å². The van der Waals surface area contributed by atoms with Gasteiger partial charge in [-0.3, -0.25) is 9.63 Å². The third-order valence-corrected chi connectivity index (χ3v) is 3.45. The molecule has 0 aliphatic carbocycles. The minimum absolute atomic E-state index is 0.0690. The summed E-state index contributed by atoms with van der Waals surface area (Å²) in [5.41, 5.74) is 4.47. The summed E-state index contributed by atoms with van der Waals surface area (Å²) in [6.07, 6.45) is 1.53. The minimum Gasteiger partial charge on any atom is -0.494 e. The molecule has 0 saturated carbocycles. The number of methoxy groups -OCH3 is 1. The van der Waals surface area contributed by atoms with Crippen LogP contribution in [0, 0.1) is 12.7 Å². The molecule has 0 bridgehead atoms. The van der Waals surface area contributed by atoms with Gasteiger partial charge in [-0.05, 0) is 50.1 Å². The maximum absolute atomic E-state index is 13.7. The largest absolute Gasteiger partial charge is 0.494 e. The monoisotopic (exact) mass is 347 g/mol. The lowest BCUT2D eigenvalue weighted by atomic mass is 10.1. The number of carbonyl (C=O) groups excluding carboxylic acids is 1. The second kappa shape index (κ2) is 8.43. The molecule has 25 heavy (non-hydrogen) atoms. The smallest absolute Gasteiger partial charge is 0.255 e. The van der Waals surface area contributed by atoms with E-state index in [1.807, 2.05) is 20.8 Å². The van der Waals surface area contributed by atoms with Crippen LogP contribution in [0.25, 0.3) is 0 Å². The highest BCUT2D eigenvalue weighted by molar-refractivity contribution is 5.99. The van der Waals surface area contributed by atoms with Gasteiger partial charge in [-0.25, -0.2) is 14.9 Å². The van der Waals surface area contributed by atoms with Crippen LogP contribution in [-0.2, 0) is 11.4 Å². The fraction of sp³-hybridized carbons (Fsp3) is 0.333. The van der Waals surface area contributed by atoms with Crippen LogP contribution < -0.4 is 15.5 Å². The maximum atomic E-state index is 13.7. The molecular weight excluding hydrogens is 325 g/mol. The van der Waals surface area contributed by atoms with Gasteiger partial charge >= 0.3 is 0 Å². The Morgan fingerprint density at radius 2 is 2.08 bits per heavy atom. The van der Waals surface area contributed by atoms with E-state index in [2.05, 4.69) is 15.8 Å². The number of benzene rings is 1. The molecule has 134 valence electrons. The molecule has 2 N–H and O–H groups in total. The number of hydrogen-bond acceptors (Lipinski definition) is 5. The molecule has 0 fully saturated rings. The predicted octanol–water partition coefficient (Wildman–Crippen LogP) is 3.22. The van der Waals surface area contributed by atoms with Crippen LogP contribution in [0.5, 0.6) is 5.75 Å². The van der Waals surface area contributed by atoms with Crippen LogP contribution in [0.2, 0.25) is 0 Å². The molecule has 0 saturated heterocycles. The average Bonchev–Trinajstić information content (AvgIpc) is 2.58. The molecule has 7 heteroatoms. The summed E-state index contributed by atoms with van der Waals surface area (Å²) in [6, 6.07) is 6.29. The highest BCUT2D eigenvalue weighted by Gasteiger charge is 2.16. The first-order valence-electron chi connectivity index (χ1n) is 7.90. The second-order valence-electron chi connectivity index (χ2n) is 5.77. The molecule has 2 rings (SSSR count). The summed E-state index contributed by atoms with van der Waals surface area (Å²) in [6.45, 7) is 5.71. The quantitative estimate of drug-likeness (QED) is 0.753. The Bertz CT molecular complexity index is 750. The van der Waals surface area contributed by atoms with Crippen molar-refractivity contribution in [3.05, 3.63) is 53.0 Å². The van der Waals surface area contributed by atoms with Gasteiger partial charge in [-0.2, -0.15) is 0 Å². The molecular formula is C18H22FN3O3. The fourth-order valence-corrected chi connectivity index (χ4v) is 2.19. The summed E-state index contributed by atoms with van der Waals surface area (Å²) >= 11 is 0.